The van der Waals surface area contributed by atoms with E-state index in [0.717, 1.165) is 17.6 Å². The van der Waals surface area contributed by atoms with Gasteiger partial charge in [-0.1, -0.05) is 30.3 Å². The van der Waals surface area contributed by atoms with E-state index in [1.165, 1.54) is 12.1 Å². The molecule has 1 atom stereocenters. The lowest BCUT2D eigenvalue weighted by Crippen LogP contribution is -2.30. The average Bonchev–Trinajstić information content (AvgIpc) is 2.61. The van der Waals surface area contributed by atoms with Gasteiger partial charge in [-0.05, 0) is 36.8 Å². The number of nitrogens with one attached hydrogen (secondary N) is 1. The van der Waals surface area contributed by atoms with E-state index in [4.69, 9.17) is 9.47 Å². The summed E-state index contributed by atoms with van der Waals surface area (Å²) in [7, 11) is -3.23. The van der Waals surface area contributed by atoms with Crippen LogP contribution in [0.5, 0.6) is 5.75 Å². The van der Waals surface area contributed by atoms with Crippen molar-refractivity contribution in [1.82, 2.24) is 5.32 Å². The number of rotatable bonds is 9. The predicted molar refractivity (Wildman–Crippen MR) is 98.9 cm³/mol. The maximum absolute atomic E-state index is 11.9. The summed E-state index contributed by atoms with van der Waals surface area (Å²) < 4.78 is 33.7. The van der Waals surface area contributed by atoms with Gasteiger partial charge in [0.2, 0.25) is 5.91 Å². The smallest absolute Gasteiger partial charge is 0.246 e. The van der Waals surface area contributed by atoms with Gasteiger partial charge in [-0.2, -0.15) is 0 Å². The van der Waals surface area contributed by atoms with Gasteiger partial charge in [-0.25, -0.2) is 8.42 Å². The molecule has 0 saturated heterocycles. The van der Waals surface area contributed by atoms with Crippen molar-refractivity contribution in [2.75, 3.05) is 26.1 Å². The molecule has 0 bridgehead atoms. The third-order valence-corrected chi connectivity index (χ3v) is 4.79. The van der Waals surface area contributed by atoms with Crippen LogP contribution in [0.3, 0.4) is 0 Å². The van der Waals surface area contributed by atoms with Crippen LogP contribution < -0.4 is 10.1 Å². The van der Waals surface area contributed by atoms with Crippen molar-refractivity contribution >= 4 is 15.7 Å². The molecule has 0 aliphatic carbocycles. The van der Waals surface area contributed by atoms with Gasteiger partial charge in [0.05, 0.1) is 17.5 Å². The summed E-state index contributed by atoms with van der Waals surface area (Å²) >= 11 is 0. The van der Waals surface area contributed by atoms with E-state index in [1.807, 2.05) is 37.3 Å². The summed E-state index contributed by atoms with van der Waals surface area (Å²) in [5.74, 6) is 0.510. The number of benzene rings is 2. The molecule has 1 N–H and O–H groups in total. The standard InChI is InChI=1S/C19H23NO5S/c1-15(16-8-10-18(11-9-16)26(2,22)23)20-19(21)14-24-12-13-25-17-6-4-3-5-7-17/h3-11,15H,12-14H2,1-2H3,(H,20,21). The molecule has 0 spiro atoms. The molecule has 2 rings (SSSR count). The van der Waals surface area contributed by atoms with E-state index in [2.05, 4.69) is 5.32 Å². The van der Waals surface area contributed by atoms with Gasteiger partial charge in [0.25, 0.3) is 0 Å². The lowest BCUT2D eigenvalue weighted by Gasteiger charge is -2.15. The molecule has 0 radical (unpaired) electrons. The van der Waals surface area contributed by atoms with Gasteiger partial charge in [0, 0.05) is 6.26 Å². The molecular weight excluding hydrogens is 354 g/mol. The second-order valence-corrected chi connectivity index (χ2v) is 7.86. The average molecular weight is 377 g/mol. The first-order valence-electron chi connectivity index (χ1n) is 8.21. The van der Waals surface area contributed by atoms with Gasteiger partial charge in [-0.15, -0.1) is 0 Å². The second kappa shape index (κ2) is 9.35. The molecule has 140 valence electrons. The Morgan fingerprint density at radius 2 is 1.69 bits per heavy atom. The lowest BCUT2D eigenvalue weighted by atomic mass is 10.1. The highest BCUT2D eigenvalue weighted by molar-refractivity contribution is 7.90. The molecule has 0 aliphatic heterocycles. The number of hydrogen-bond acceptors (Lipinski definition) is 5. The van der Waals surface area contributed by atoms with Crippen LogP contribution >= 0.6 is 0 Å². The van der Waals surface area contributed by atoms with Crippen molar-refractivity contribution < 1.29 is 22.7 Å². The first kappa shape index (κ1) is 19.9. The van der Waals surface area contributed by atoms with Crippen LogP contribution in [-0.2, 0) is 19.4 Å². The molecule has 1 unspecified atom stereocenters. The quantitative estimate of drug-likeness (QED) is 0.679. The molecule has 0 saturated carbocycles. The van der Waals surface area contributed by atoms with E-state index in [0.29, 0.717) is 13.2 Å². The number of sulfone groups is 1. The van der Waals surface area contributed by atoms with Crippen molar-refractivity contribution in [2.24, 2.45) is 0 Å². The zero-order chi connectivity index (χ0) is 19.0. The summed E-state index contributed by atoms with van der Waals surface area (Å²) in [6, 6.07) is 15.6. The van der Waals surface area contributed by atoms with Gasteiger partial charge in [0.15, 0.2) is 9.84 Å². The minimum absolute atomic E-state index is 0.0656. The van der Waals surface area contributed by atoms with Gasteiger partial charge >= 0.3 is 0 Å². The molecule has 0 aromatic heterocycles. The number of carbonyl (C=O) groups is 1. The Hall–Kier alpha value is -2.38. The molecular formula is C19H23NO5S. The Labute approximate surface area is 154 Å². The predicted octanol–water partition coefficient (Wildman–Crippen LogP) is 2.36. The lowest BCUT2D eigenvalue weighted by molar-refractivity contribution is -0.126. The maximum atomic E-state index is 11.9. The molecule has 26 heavy (non-hydrogen) atoms. The molecule has 6 nitrogen and oxygen atoms in total. The topological polar surface area (TPSA) is 81.7 Å². The SMILES string of the molecule is CC(NC(=O)COCCOc1ccccc1)c1ccc(S(C)(=O)=O)cc1. The highest BCUT2D eigenvalue weighted by Crippen LogP contribution is 2.16. The van der Waals surface area contributed by atoms with Crippen LogP contribution in [0.2, 0.25) is 0 Å². The van der Waals surface area contributed by atoms with Crippen LogP contribution in [-0.4, -0.2) is 40.4 Å². The van der Waals surface area contributed by atoms with E-state index in [-0.39, 0.29) is 23.5 Å². The van der Waals surface area contributed by atoms with Crippen molar-refractivity contribution in [3.05, 3.63) is 60.2 Å². The van der Waals surface area contributed by atoms with E-state index in [9.17, 15) is 13.2 Å². The third-order valence-electron chi connectivity index (χ3n) is 3.66. The van der Waals surface area contributed by atoms with E-state index in [1.54, 1.807) is 12.1 Å². The summed E-state index contributed by atoms with van der Waals surface area (Å²) in [4.78, 5) is 12.2. The normalized spacial score (nSPS) is 12.4. The van der Waals surface area contributed by atoms with Gasteiger partial charge < -0.3 is 14.8 Å². The Bertz CT molecular complexity index is 804. The second-order valence-electron chi connectivity index (χ2n) is 5.84. The zero-order valence-electron chi connectivity index (χ0n) is 14.8. The van der Waals surface area contributed by atoms with Crippen LogP contribution in [0.25, 0.3) is 0 Å². The van der Waals surface area contributed by atoms with Crippen LogP contribution in [0.4, 0.5) is 0 Å². The first-order chi connectivity index (χ1) is 12.4. The highest BCUT2D eigenvalue weighted by atomic mass is 32.2. The third kappa shape index (κ3) is 6.50. The summed E-state index contributed by atoms with van der Waals surface area (Å²) in [6.45, 7) is 2.43. The molecule has 0 aliphatic rings. The Balaban J connectivity index is 1.70. The fourth-order valence-corrected chi connectivity index (χ4v) is 2.90. The van der Waals surface area contributed by atoms with Crippen LogP contribution in [0.15, 0.2) is 59.5 Å². The largest absolute Gasteiger partial charge is 0.491 e. The Morgan fingerprint density at radius 1 is 1.04 bits per heavy atom. The maximum Gasteiger partial charge on any atom is 0.246 e. The number of carbonyl (C=O) groups excluding carboxylic acids is 1. The van der Waals surface area contributed by atoms with Crippen molar-refractivity contribution in [1.29, 1.82) is 0 Å². The molecule has 1 amide bonds. The van der Waals surface area contributed by atoms with Crippen molar-refractivity contribution in [3.63, 3.8) is 0 Å². The molecule has 2 aromatic carbocycles. The number of para-hydroxylation sites is 1. The molecule has 2 aromatic rings. The Morgan fingerprint density at radius 3 is 2.31 bits per heavy atom. The highest BCUT2D eigenvalue weighted by Gasteiger charge is 2.12. The number of ether oxygens (including phenoxy) is 2. The van der Waals surface area contributed by atoms with E-state index >= 15 is 0 Å². The minimum atomic E-state index is -3.23. The number of amides is 1. The number of hydrogen-bond donors (Lipinski definition) is 1. The van der Waals surface area contributed by atoms with Crippen LogP contribution in [0, 0.1) is 0 Å². The van der Waals surface area contributed by atoms with Gasteiger partial charge in [-0.3, -0.25) is 4.79 Å². The first-order valence-corrected chi connectivity index (χ1v) is 10.1. The summed E-state index contributed by atoms with van der Waals surface area (Å²) in [6.07, 6.45) is 1.16. The minimum Gasteiger partial charge on any atom is -0.491 e. The van der Waals surface area contributed by atoms with Crippen molar-refractivity contribution in [2.45, 2.75) is 17.9 Å². The molecule has 7 heteroatoms. The fourth-order valence-electron chi connectivity index (χ4n) is 2.27. The Kier molecular flexibility index (Phi) is 7.17. The molecule has 0 heterocycles. The fraction of sp³-hybridized carbons (Fsp3) is 0.316. The summed E-state index contributed by atoms with van der Waals surface area (Å²) in [5, 5.41) is 2.81. The van der Waals surface area contributed by atoms with Crippen molar-refractivity contribution in [3.8, 4) is 5.75 Å². The monoisotopic (exact) mass is 377 g/mol. The van der Waals surface area contributed by atoms with Gasteiger partial charge in [0.1, 0.15) is 19.0 Å². The van der Waals surface area contributed by atoms with E-state index < -0.39 is 9.84 Å². The summed E-state index contributed by atoms with van der Waals surface area (Å²) in [5.41, 5.74) is 0.818. The zero-order valence-corrected chi connectivity index (χ0v) is 15.7. The van der Waals surface area contributed by atoms with Crippen LogP contribution in [0.1, 0.15) is 18.5 Å². The molecule has 0 fully saturated rings.